The van der Waals surface area contributed by atoms with Gasteiger partial charge in [0.15, 0.2) is 0 Å². The maximum absolute atomic E-state index is 12.6. The molecule has 3 rings (SSSR count). The third-order valence-electron chi connectivity index (χ3n) is 4.62. The summed E-state index contributed by atoms with van der Waals surface area (Å²) < 4.78 is 5.20. The molecule has 0 radical (unpaired) electrons. The molecule has 1 amide bonds. The summed E-state index contributed by atoms with van der Waals surface area (Å²) in [5, 5.41) is 3.46. The van der Waals surface area contributed by atoms with E-state index in [0.29, 0.717) is 0 Å². The van der Waals surface area contributed by atoms with Crippen LogP contribution in [0, 0.1) is 11.8 Å². The van der Waals surface area contributed by atoms with Crippen molar-refractivity contribution in [1.29, 1.82) is 0 Å². The van der Waals surface area contributed by atoms with Crippen molar-refractivity contribution < 1.29 is 9.53 Å². The number of nitrogens with zero attached hydrogens (tertiary/aromatic N) is 1. The van der Waals surface area contributed by atoms with Gasteiger partial charge in [-0.3, -0.25) is 4.79 Å². The van der Waals surface area contributed by atoms with Gasteiger partial charge >= 0.3 is 0 Å². The van der Waals surface area contributed by atoms with Crippen molar-refractivity contribution in [2.75, 3.05) is 33.3 Å². The minimum atomic E-state index is 0.136. The zero-order chi connectivity index (χ0) is 13.9. The van der Waals surface area contributed by atoms with Gasteiger partial charge in [-0.15, -0.1) is 0 Å². The maximum Gasteiger partial charge on any atom is 0.253 e. The van der Waals surface area contributed by atoms with Crippen LogP contribution in [0.5, 0.6) is 5.75 Å². The summed E-state index contributed by atoms with van der Waals surface area (Å²) in [4.78, 5) is 14.6. The van der Waals surface area contributed by atoms with Gasteiger partial charge in [-0.05, 0) is 56.0 Å². The van der Waals surface area contributed by atoms with Gasteiger partial charge in [0.05, 0.1) is 7.11 Å². The molecule has 108 valence electrons. The smallest absolute Gasteiger partial charge is 0.253 e. The highest BCUT2D eigenvalue weighted by molar-refractivity contribution is 5.94. The van der Waals surface area contributed by atoms with Gasteiger partial charge in [-0.1, -0.05) is 6.07 Å². The first-order chi connectivity index (χ1) is 9.78. The summed E-state index contributed by atoms with van der Waals surface area (Å²) in [7, 11) is 1.63. The molecule has 2 heterocycles. The van der Waals surface area contributed by atoms with Crippen LogP contribution in [-0.4, -0.2) is 44.1 Å². The summed E-state index contributed by atoms with van der Waals surface area (Å²) in [6.07, 6.45) is 2.24. The highest BCUT2D eigenvalue weighted by Gasteiger charge is 2.31. The summed E-state index contributed by atoms with van der Waals surface area (Å²) >= 11 is 0. The molecule has 2 fully saturated rings. The standard InChI is InChI=1S/C16H22N2O2/c1-20-15-4-2-3-12(9-15)16(19)18-7-5-13-10-17-11-14(13)6-8-18/h2-4,9,13-14,17H,5-8,10-11H2,1H3/t13-,14+. The largest absolute Gasteiger partial charge is 0.497 e. The zero-order valence-corrected chi connectivity index (χ0v) is 12.0. The van der Waals surface area contributed by atoms with Gasteiger partial charge in [-0.25, -0.2) is 0 Å². The van der Waals surface area contributed by atoms with E-state index in [1.165, 1.54) is 0 Å². The van der Waals surface area contributed by atoms with E-state index in [4.69, 9.17) is 4.74 Å². The molecule has 0 unspecified atom stereocenters. The van der Waals surface area contributed by atoms with Crippen LogP contribution in [0.4, 0.5) is 0 Å². The molecule has 20 heavy (non-hydrogen) atoms. The van der Waals surface area contributed by atoms with Crippen molar-refractivity contribution in [2.45, 2.75) is 12.8 Å². The average molecular weight is 274 g/mol. The lowest BCUT2D eigenvalue weighted by Crippen LogP contribution is -2.32. The molecule has 4 heteroatoms. The quantitative estimate of drug-likeness (QED) is 0.893. The summed E-state index contributed by atoms with van der Waals surface area (Å²) in [6, 6.07) is 7.45. The molecule has 0 bridgehead atoms. The van der Waals surface area contributed by atoms with Crippen LogP contribution in [0.1, 0.15) is 23.2 Å². The number of benzene rings is 1. The van der Waals surface area contributed by atoms with Crippen LogP contribution in [-0.2, 0) is 0 Å². The molecule has 0 saturated carbocycles. The number of fused-ring (bicyclic) bond motifs is 1. The van der Waals surface area contributed by atoms with Gasteiger partial charge in [0.2, 0.25) is 0 Å². The normalized spacial score (nSPS) is 25.9. The molecule has 1 N–H and O–H groups in total. The van der Waals surface area contributed by atoms with Crippen LogP contribution in [0.25, 0.3) is 0 Å². The summed E-state index contributed by atoms with van der Waals surface area (Å²) in [5.41, 5.74) is 0.731. The van der Waals surface area contributed by atoms with E-state index in [1.807, 2.05) is 29.2 Å². The molecule has 2 aliphatic heterocycles. The molecule has 0 spiro atoms. The number of nitrogens with one attached hydrogen (secondary N) is 1. The number of hydrogen-bond donors (Lipinski definition) is 1. The van der Waals surface area contributed by atoms with Crippen LogP contribution in [0.3, 0.4) is 0 Å². The molecule has 1 aromatic carbocycles. The van der Waals surface area contributed by atoms with E-state index < -0.39 is 0 Å². The third-order valence-corrected chi connectivity index (χ3v) is 4.62. The number of amides is 1. The molecule has 0 aromatic heterocycles. The average Bonchev–Trinajstić information content (AvgIpc) is 2.85. The summed E-state index contributed by atoms with van der Waals surface area (Å²) in [6.45, 7) is 3.98. The van der Waals surface area contributed by atoms with Crippen molar-refractivity contribution in [1.82, 2.24) is 10.2 Å². The minimum absolute atomic E-state index is 0.136. The van der Waals surface area contributed by atoms with E-state index in [9.17, 15) is 4.79 Å². The fraction of sp³-hybridized carbons (Fsp3) is 0.562. The lowest BCUT2D eigenvalue weighted by molar-refractivity contribution is 0.0758. The molecule has 2 aliphatic rings. The number of carbonyl (C=O) groups is 1. The van der Waals surface area contributed by atoms with Crippen molar-refractivity contribution in [3.8, 4) is 5.75 Å². The van der Waals surface area contributed by atoms with Crippen molar-refractivity contribution in [3.63, 3.8) is 0 Å². The third kappa shape index (κ3) is 2.66. The Labute approximate surface area is 120 Å². The molecule has 2 saturated heterocycles. The molecular weight excluding hydrogens is 252 g/mol. The first-order valence-corrected chi connectivity index (χ1v) is 7.42. The Hall–Kier alpha value is -1.55. The van der Waals surface area contributed by atoms with Gasteiger partial charge in [0.1, 0.15) is 5.75 Å². The van der Waals surface area contributed by atoms with Crippen LogP contribution in [0.2, 0.25) is 0 Å². The van der Waals surface area contributed by atoms with Gasteiger partial charge in [-0.2, -0.15) is 0 Å². The maximum atomic E-state index is 12.6. The molecule has 1 aromatic rings. The van der Waals surface area contributed by atoms with Gasteiger partial charge in [0, 0.05) is 18.7 Å². The number of likely N-dealkylation sites (tertiary alicyclic amines) is 1. The molecule has 0 aliphatic carbocycles. The van der Waals surface area contributed by atoms with E-state index in [1.54, 1.807) is 7.11 Å². The predicted molar refractivity (Wildman–Crippen MR) is 78.0 cm³/mol. The Kier molecular flexibility index (Phi) is 3.92. The van der Waals surface area contributed by atoms with Gasteiger partial charge < -0.3 is 15.0 Å². The fourth-order valence-corrected chi connectivity index (χ4v) is 3.36. The Balaban J connectivity index is 1.70. The topological polar surface area (TPSA) is 41.6 Å². The van der Waals surface area contributed by atoms with Gasteiger partial charge in [0.25, 0.3) is 5.91 Å². The monoisotopic (exact) mass is 274 g/mol. The number of ether oxygens (including phenoxy) is 1. The Morgan fingerprint density at radius 3 is 2.60 bits per heavy atom. The molecule has 4 nitrogen and oxygen atoms in total. The first kappa shape index (κ1) is 13.4. The van der Waals surface area contributed by atoms with E-state index in [-0.39, 0.29) is 5.91 Å². The Morgan fingerprint density at radius 1 is 1.25 bits per heavy atom. The van der Waals surface area contributed by atoms with E-state index in [2.05, 4.69) is 5.32 Å². The number of hydrogen-bond acceptors (Lipinski definition) is 3. The highest BCUT2D eigenvalue weighted by Crippen LogP contribution is 2.28. The predicted octanol–water partition coefficient (Wildman–Crippen LogP) is 1.77. The van der Waals surface area contributed by atoms with Crippen LogP contribution in [0.15, 0.2) is 24.3 Å². The lowest BCUT2D eigenvalue weighted by atomic mass is 9.92. The van der Waals surface area contributed by atoms with Crippen molar-refractivity contribution in [3.05, 3.63) is 29.8 Å². The second-order valence-electron chi connectivity index (χ2n) is 5.78. The zero-order valence-electron chi connectivity index (χ0n) is 12.0. The second-order valence-corrected chi connectivity index (χ2v) is 5.78. The van der Waals surface area contributed by atoms with Crippen molar-refractivity contribution >= 4 is 5.91 Å². The van der Waals surface area contributed by atoms with Crippen LogP contribution < -0.4 is 10.1 Å². The Morgan fingerprint density at radius 2 is 1.95 bits per heavy atom. The number of carbonyl (C=O) groups excluding carboxylic acids is 1. The second kappa shape index (κ2) is 5.83. The molecular formula is C16H22N2O2. The summed E-state index contributed by atoms with van der Waals surface area (Å²) in [5.74, 6) is 2.37. The lowest BCUT2D eigenvalue weighted by Gasteiger charge is -2.21. The van der Waals surface area contributed by atoms with E-state index >= 15 is 0 Å². The van der Waals surface area contributed by atoms with Crippen LogP contribution >= 0.6 is 0 Å². The van der Waals surface area contributed by atoms with E-state index in [0.717, 1.165) is 62.2 Å². The highest BCUT2D eigenvalue weighted by atomic mass is 16.5. The Bertz CT molecular complexity index is 475. The number of methoxy groups -OCH3 is 1. The fourth-order valence-electron chi connectivity index (χ4n) is 3.36. The van der Waals surface area contributed by atoms with Crippen molar-refractivity contribution in [2.24, 2.45) is 11.8 Å². The SMILES string of the molecule is COc1cccc(C(=O)N2CC[C@@H]3CNC[C@@H]3CC2)c1. The molecule has 2 atom stereocenters. The first-order valence-electron chi connectivity index (χ1n) is 7.42. The minimum Gasteiger partial charge on any atom is -0.497 e. The number of rotatable bonds is 2.